The van der Waals surface area contributed by atoms with Gasteiger partial charge in [0.05, 0.1) is 12.1 Å². The lowest BCUT2D eigenvalue weighted by atomic mass is 10.0. The van der Waals surface area contributed by atoms with E-state index in [4.69, 9.17) is 5.73 Å². The molecule has 0 aliphatic rings. The number of nitrogens with zero attached hydrogens (tertiary/aromatic N) is 2. The van der Waals surface area contributed by atoms with E-state index in [0.29, 0.717) is 29.9 Å². The lowest BCUT2D eigenvalue weighted by Gasteiger charge is -2.07. The molecule has 0 bridgehead atoms. The number of nitrogens with one attached hydrogen (secondary N) is 1. The lowest BCUT2D eigenvalue weighted by Crippen LogP contribution is -2.26. The first kappa shape index (κ1) is 14.8. The maximum atomic E-state index is 12.2. The zero-order valence-electron chi connectivity index (χ0n) is 11.7. The van der Waals surface area contributed by atoms with Gasteiger partial charge in [-0.15, -0.1) is 0 Å². The second kappa shape index (κ2) is 7.22. The Kier molecular flexibility index (Phi) is 5.07. The fourth-order valence-corrected chi connectivity index (χ4v) is 1.79. The maximum Gasteiger partial charge on any atom is 0.252 e. The standard InChI is InChI=1S/C15H16N4O2/c1-11-4-5-13(12(9-11)3-2-7-16)15(20)17-8-6-14-18-10-21-19-14/h4-5,9-10H,6-8,16H2,1H3,(H,17,20). The predicted octanol–water partition coefficient (Wildman–Crippen LogP) is 0.661. The highest BCUT2D eigenvalue weighted by molar-refractivity contribution is 5.96. The molecule has 0 aliphatic heterocycles. The van der Waals surface area contributed by atoms with E-state index < -0.39 is 0 Å². The average Bonchev–Trinajstić information content (AvgIpc) is 2.98. The van der Waals surface area contributed by atoms with Crippen LogP contribution in [0.3, 0.4) is 0 Å². The normalized spacial score (nSPS) is 9.81. The summed E-state index contributed by atoms with van der Waals surface area (Å²) < 4.78 is 4.63. The summed E-state index contributed by atoms with van der Waals surface area (Å²) in [5.41, 5.74) is 7.63. The highest BCUT2D eigenvalue weighted by Gasteiger charge is 2.10. The third kappa shape index (κ3) is 4.16. The van der Waals surface area contributed by atoms with Crippen LogP contribution in [-0.4, -0.2) is 29.1 Å². The quantitative estimate of drug-likeness (QED) is 0.804. The van der Waals surface area contributed by atoms with Gasteiger partial charge in [0.2, 0.25) is 6.39 Å². The summed E-state index contributed by atoms with van der Waals surface area (Å²) in [4.78, 5) is 16.1. The Labute approximate surface area is 122 Å². The van der Waals surface area contributed by atoms with Crippen LogP contribution in [0.15, 0.2) is 29.1 Å². The van der Waals surface area contributed by atoms with Crippen molar-refractivity contribution in [1.29, 1.82) is 0 Å². The first-order chi connectivity index (χ1) is 10.2. The molecule has 2 aromatic rings. The molecule has 1 aromatic heterocycles. The van der Waals surface area contributed by atoms with E-state index >= 15 is 0 Å². The molecule has 0 fully saturated rings. The minimum Gasteiger partial charge on any atom is -0.352 e. The first-order valence-corrected chi connectivity index (χ1v) is 6.53. The predicted molar refractivity (Wildman–Crippen MR) is 77.4 cm³/mol. The van der Waals surface area contributed by atoms with Crippen LogP contribution in [0.1, 0.15) is 27.3 Å². The van der Waals surface area contributed by atoms with E-state index in [1.807, 2.05) is 19.1 Å². The van der Waals surface area contributed by atoms with Crippen LogP contribution < -0.4 is 11.1 Å². The van der Waals surface area contributed by atoms with Crippen molar-refractivity contribution in [2.24, 2.45) is 5.73 Å². The van der Waals surface area contributed by atoms with Gasteiger partial charge >= 0.3 is 0 Å². The van der Waals surface area contributed by atoms with Gasteiger partial charge < -0.3 is 15.6 Å². The van der Waals surface area contributed by atoms with Crippen molar-refractivity contribution in [2.45, 2.75) is 13.3 Å². The van der Waals surface area contributed by atoms with Gasteiger partial charge in [-0.2, -0.15) is 4.98 Å². The Bertz CT molecular complexity index is 669. The maximum absolute atomic E-state index is 12.2. The molecule has 0 saturated heterocycles. The SMILES string of the molecule is Cc1ccc(C(=O)NCCc2ncon2)c(C#CCN)c1. The molecule has 0 aliphatic carbocycles. The largest absolute Gasteiger partial charge is 0.352 e. The Hall–Kier alpha value is -2.65. The highest BCUT2D eigenvalue weighted by atomic mass is 16.5. The third-order valence-corrected chi connectivity index (χ3v) is 2.79. The van der Waals surface area contributed by atoms with E-state index in [0.717, 1.165) is 5.56 Å². The Morgan fingerprint density at radius 2 is 2.33 bits per heavy atom. The van der Waals surface area contributed by atoms with E-state index in [-0.39, 0.29) is 12.5 Å². The van der Waals surface area contributed by atoms with Crippen molar-refractivity contribution in [3.63, 3.8) is 0 Å². The fraction of sp³-hybridized carbons (Fsp3) is 0.267. The van der Waals surface area contributed by atoms with Crippen LogP contribution in [0.4, 0.5) is 0 Å². The van der Waals surface area contributed by atoms with E-state index in [1.165, 1.54) is 6.39 Å². The minimum atomic E-state index is -0.181. The molecular formula is C15H16N4O2. The Morgan fingerprint density at radius 1 is 1.48 bits per heavy atom. The van der Waals surface area contributed by atoms with Gasteiger partial charge in [-0.3, -0.25) is 4.79 Å². The molecule has 1 amide bonds. The summed E-state index contributed by atoms with van der Waals surface area (Å²) in [6.07, 6.45) is 1.77. The second-order valence-electron chi connectivity index (χ2n) is 4.41. The van der Waals surface area contributed by atoms with Crippen LogP contribution in [0.5, 0.6) is 0 Å². The molecule has 2 rings (SSSR count). The van der Waals surface area contributed by atoms with Gasteiger partial charge in [-0.25, -0.2) is 0 Å². The van der Waals surface area contributed by atoms with Crippen LogP contribution in [0.2, 0.25) is 0 Å². The number of nitrogens with two attached hydrogens (primary N) is 1. The molecule has 108 valence electrons. The molecule has 0 atom stereocenters. The molecule has 0 unspecified atom stereocenters. The van der Waals surface area contributed by atoms with Crippen molar-refractivity contribution < 1.29 is 9.32 Å². The molecule has 0 spiro atoms. The van der Waals surface area contributed by atoms with E-state index in [1.54, 1.807) is 6.07 Å². The zero-order valence-corrected chi connectivity index (χ0v) is 11.7. The van der Waals surface area contributed by atoms with Crippen molar-refractivity contribution in [3.8, 4) is 11.8 Å². The number of carbonyl (C=O) groups is 1. The van der Waals surface area contributed by atoms with Crippen LogP contribution in [0.25, 0.3) is 0 Å². The highest BCUT2D eigenvalue weighted by Crippen LogP contribution is 2.10. The summed E-state index contributed by atoms with van der Waals surface area (Å²) in [7, 11) is 0. The van der Waals surface area contributed by atoms with Gasteiger partial charge in [-0.1, -0.05) is 23.1 Å². The molecule has 21 heavy (non-hydrogen) atoms. The van der Waals surface area contributed by atoms with Crippen LogP contribution in [0, 0.1) is 18.8 Å². The third-order valence-electron chi connectivity index (χ3n) is 2.79. The number of hydrogen-bond acceptors (Lipinski definition) is 5. The number of amides is 1. The molecule has 3 N–H and O–H groups in total. The molecular weight excluding hydrogens is 268 g/mol. The molecule has 0 saturated carbocycles. The monoisotopic (exact) mass is 284 g/mol. The van der Waals surface area contributed by atoms with Gasteiger partial charge in [0.25, 0.3) is 5.91 Å². The lowest BCUT2D eigenvalue weighted by molar-refractivity contribution is 0.0953. The Morgan fingerprint density at radius 3 is 3.05 bits per heavy atom. The van der Waals surface area contributed by atoms with E-state index in [2.05, 4.69) is 31.8 Å². The molecule has 6 heteroatoms. The van der Waals surface area contributed by atoms with Crippen molar-refractivity contribution in [2.75, 3.05) is 13.1 Å². The summed E-state index contributed by atoms with van der Waals surface area (Å²) in [6.45, 7) is 2.63. The first-order valence-electron chi connectivity index (χ1n) is 6.53. The molecule has 0 radical (unpaired) electrons. The molecule has 1 aromatic carbocycles. The fourth-order valence-electron chi connectivity index (χ4n) is 1.79. The average molecular weight is 284 g/mol. The summed E-state index contributed by atoms with van der Waals surface area (Å²) in [6, 6.07) is 5.51. The van der Waals surface area contributed by atoms with Crippen LogP contribution >= 0.6 is 0 Å². The van der Waals surface area contributed by atoms with Crippen LogP contribution in [-0.2, 0) is 6.42 Å². The second-order valence-corrected chi connectivity index (χ2v) is 4.41. The molecule has 1 heterocycles. The number of hydrogen-bond donors (Lipinski definition) is 2. The van der Waals surface area contributed by atoms with Gasteiger partial charge in [0.1, 0.15) is 0 Å². The van der Waals surface area contributed by atoms with Gasteiger partial charge in [0, 0.05) is 18.5 Å². The number of benzene rings is 1. The zero-order chi connectivity index (χ0) is 15.1. The molecule has 6 nitrogen and oxygen atoms in total. The number of rotatable bonds is 4. The summed E-state index contributed by atoms with van der Waals surface area (Å²) in [5.74, 6) is 6.07. The van der Waals surface area contributed by atoms with Crippen molar-refractivity contribution >= 4 is 5.91 Å². The number of aromatic nitrogens is 2. The van der Waals surface area contributed by atoms with Gasteiger partial charge in [0.15, 0.2) is 5.82 Å². The Balaban J connectivity index is 2.04. The number of aryl methyl sites for hydroxylation is 1. The topological polar surface area (TPSA) is 94.0 Å². The van der Waals surface area contributed by atoms with Crippen molar-refractivity contribution in [1.82, 2.24) is 15.5 Å². The summed E-state index contributed by atoms with van der Waals surface area (Å²) in [5, 5.41) is 6.50. The van der Waals surface area contributed by atoms with E-state index in [9.17, 15) is 4.79 Å². The van der Waals surface area contributed by atoms with Crippen molar-refractivity contribution in [3.05, 3.63) is 47.1 Å². The number of carbonyl (C=O) groups excluding carboxylic acids is 1. The smallest absolute Gasteiger partial charge is 0.252 e. The summed E-state index contributed by atoms with van der Waals surface area (Å²) >= 11 is 0. The minimum absolute atomic E-state index is 0.181. The van der Waals surface area contributed by atoms with Gasteiger partial charge in [-0.05, 0) is 24.6 Å².